The highest BCUT2D eigenvalue weighted by Gasteiger charge is 2.22. The number of hydrogen-bond acceptors (Lipinski definition) is 4. The van der Waals surface area contributed by atoms with Gasteiger partial charge in [-0.25, -0.2) is 4.98 Å². The first-order valence-corrected chi connectivity index (χ1v) is 8.27. The normalized spacial score (nSPS) is 11.0. The molecule has 0 radical (unpaired) electrons. The Morgan fingerprint density at radius 1 is 1.15 bits per heavy atom. The van der Waals surface area contributed by atoms with Gasteiger partial charge in [0.2, 0.25) is 0 Å². The van der Waals surface area contributed by atoms with Crippen molar-refractivity contribution < 1.29 is 9.21 Å². The summed E-state index contributed by atoms with van der Waals surface area (Å²) in [4.78, 5) is 19.6. The molecule has 0 fully saturated rings. The largest absolute Gasteiger partial charge is 0.463 e. The Bertz CT molecular complexity index is 1080. The van der Waals surface area contributed by atoms with Crippen LogP contribution in [0.3, 0.4) is 0 Å². The summed E-state index contributed by atoms with van der Waals surface area (Å²) in [5, 5.41) is 5.20. The molecule has 0 aliphatic rings. The Morgan fingerprint density at radius 3 is 2.62 bits per heavy atom. The molecule has 26 heavy (non-hydrogen) atoms. The third kappa shape index (κ3) is 2.56. The number of nitrogens with zero attached hydrogens (tertiary/aromatic N) is 4. The Hall–Kier alpha value is -3.41. The van der Waals surface area contributed by atoms with E-state index in [0.717, 1.165) is 16.8 Å². The van der Waals surface area contributed by atoms with Gasteiger partial charge < -0.3 is 9.32 Å². The first-order valence-electron chi connectivity index (χ1n) is 8.27. The van der Waals surface area contributed by atoms with Crippen molar-refractivity contribution >= 4 is 22.6 Å². The number of pyridine rings is 1. The highest BCUT2D eigenvalue weighted by molar-refractivity contribution is 6.14. The molecule has 0 saturated heterocycles. The lowest BCUT2D eigenvalue weighted by atomic mass is 10.1. The van der Waals surface area contributed by atoms with Crippen LogP contribution >= 0.6 is 0 Å². The number of anilines is 1. The summed E-state index contributed by atoms with van der Waals surface area (Å²) >= 11 is 0. The zero-order chi connectivity index (χ0) is 18.3. The molecule has 3 aromatic heterocycles. The topological polar surface area (TPSA) is 64.2 Å². The Kier molecular flexibility index (Phi) is 3.80. The highest BCUT2D eigenvalue weighted by Crippen LogP contribution is 2.28. The maximum atomic E-state index is 13.3. The van der Waals surface area contributed by atoms with Crippen LogP contribution in [0.2, 0.25) is 0 Å². The molecule has 1 aromatic carbocycles. The SMILES string of the molecule is Cc1nn(C)c2nc(-c3ccco3)cc(C(=O)N(C)c3ccccc3)c12. The number of hydrogen-bond donors (Lipinski definition) is 0. The zero-order valence-electron chi connectivity index (χ0n) is 14.8. The van der Waals surface area contributed by atoms with Gasteiger partial charge in [0, 0.05) is 19.8 Å². The minimum atomic E-state index is -0.118. The van der Waals surface area contributed by atoms with Gasteiger partial charge in [0.15, 0.2) is 11.4 Å². The number of aromatic nitrogens is 3. The minimum absolute atomic E-state index is 0.118. The number of aryl methyl sites for hydroxylation is 2. The van der Waals surface area contributed by atoms with Gasteiger partial charge in [-0.2, -0.15) is 5.10 Å². The maximum absolute atomic E-state index is 13.3. The number of furan rings is 1. The van der Waals surface area contributed by atoms with E-state index in [0.29, 0.717) is 22.7 Å². The standard InChI is InChI=1S/C20H18N4O2/c1-13-18-15(20(25)23(2)14-8-5-4-6-9-14)12-16(17-10-7-11-26-17)21-19(18)24(3)22-13/h4-12H,1-3H3. The summed E-state index contributed by atoms with van der Waals surface area (Å²) < 4.78 is 7.17. The van der Waals surface area contributed by atoms with Crippen LogP contribution < -0.4 is 4.90 Å². The van der Waals surface area contributed by atoms with E-state index >= 15 is 0 Å². The fourth-order valence-corrected chi connectivity index (χ4v) is 3.11. The lowest BCUT2D eigenvalue weighted by Crippen LogP contribution is -2.26. The third-order valence-electron chi connectivity index (χ3n) is 4.42. The van der Waals surface area contributed by atoms with Gasteiger partial charge in [-0.15, -0.1) is 0 Å². The Labute approximate surface area is 150 Å². The number of carbonyl (C=O) groups is 1. The molecule has 6 nitrogen and oxygen atoms in total. The van der Waals surface area contributed by atoms with E-state index in [2.05, 4.69) is 10.1 Å². The fourth-order valence-electron chi connectivity index (χ4n) is 3.11. The molecule has 0 saturated carbocycles. The van der Waals surface area contributed by atoms with Crippen molar-refractivity contribution in [2.24, 2.45) is 7.05 Å². The van der Waals surface area contributed by atoms with Gasteiger partial charge in [0.25, 0.3) is 5.91 Å². The van der Waals surface area contributed by atoms with E-state index in [1.54, 1.807) is 35.0 Å². The summed E-state index contributed by atoms with van der Waals surface area (Å²) in [6.45, 7) is 1.88. The summed E-state index contributed by atoms with van der Waals surface area (Å²) in [5.74, 6) is 0.495. The second-order valence-corrected chi connectivity index (χ2v) is 6.14. The van der Waals surface area contributed by atoms with Gasteiger partial charge in [-0.3, -0.25) is 9.48 Å². The zero-order valence-corrected chi connectivity index (χ0v) is 14.8. The van der Waals surface area contributed by atoms with Crippen molar-refractivity contribution in [3.8, 4) is 11.5 Å². The van der Waals surface area contributed by atoms with Crippen molar-refractivity contribution in [3.63, 3.8) is 0 Å². The molecule has 4 rings (SSSR count). The molecular weight excluding hydrogens is 328 g/mol. The van der Waals surface area contributed by atoms with Gasteiger partial charge in [-0.1, -0.05) is 18.2 Å². The lowest BCUT2D eigenvalue weighted by Gasteiger charge is -2.18. The van der Waals surface area contributed by atoms with Crippen LogP contribution in [0.25, 0.3) is 22.5 Å². The molecule has 1 amide bonds. The van der Waals surface area contributed by atoms with E-state index in [1.807, 2.05) is 50.4 Å². The molecule has 0 spiro atoms. The van der Waals surface area contributed by atoms with Crippen LogP contribution in [-0.2, 0) is 7.05 Å². The molecule has 0 atom stereocenters. The van der Waals surface area contributed by atoms with Crippen LogP contribution in [0, 0.1) is 6.92 Å². The summed E-state index contributed by atoms with van der Waals surface area (Å²) in [6, 6.07) is 14.9. The quantitative estimate of drug-likeness (QED) is 0.566. The van der Waals surface area contributed by atoms with Crippen molar-refractivity contribution in [3.05, 3.63) is 66.1 Å². The molecular formula is C20H18N4O2. The summed E-state index contributed by atoms with van der Waals surface area (Å²) in [6.07, 6.45) is 1.59. The number of rotatable bonds is 3. The van der Waals surface area contributed by atoms with Gasteiger partial charge in [0.1, 0.15) is 5.69 Å². The predicted molar refractivity (Wildman–Crippen MR) is 100 cm³/mol. The van der Waals surface area contributed by atoms with Crippen molar-refractivity contribution in [2.75, 3.05) is 11.9 Å². The maximum Gasteiger partial charge on any atom is 0.258 e. The smallest absolute Gasteiger partial charge is 0.258 e. The van der Waals surface area contributed by atoms with Crippen molar-refractivity contribution in [1.82, 2.24) is 14.8 Å². The van der Waals surface area contributed by atoms with Crippen LogP contribution in [-0.4, -0.2) is 27.7 Å². The lowest BCUT2D eigenvalue weighted by molar-refractivity contribution is 0.0994. The van der Waals surface area contributed by atoms with E-state index in [4.69, 9.17) is 4.42 Å². The van der Waals surface area contributed by atoms with Gasteiger partial charge in [-0.05, 0) is 37.3 Å². The fraction of sp³-hybridized carbons (Fsp3) is 0.150. The number of amides is 1. The molecule has 0 N–H and O–H groups in total. The summed E-state index contributed by atoms with van der Waals surface area (Å²) in [5.41, 5.74) is 3.41. The number of para-hydroxylation sites is 1. The average Bonchev–Trinajstić information content (AvgIpc) is 3.29. The molecule has 130 valence electrons. The van der Waals surface area contributed by atoms with Crippen molar-refractivity contribution in [1.29, 1.82) is 0 Å². The molecule has 3 heterocycles. The number of carbonyl (C=O) groups excluding carboxylic acids is 1. The van der Waals surface area contributed by atoms with Gasteiger partial charge in [0.05, 0.1) is 22.9 Å². The van der Waals surface area contributed by atoms with Gasteiger partial charge >= 0.3 is 0 Å². The highest BCUT2D eigenvalue weighted by atomic mass is 16.3. The first-order chi connectivity index (χ1) is 12.6. The second kappa shape index (κ2) is 6.15. The van der Waals surface area contributed by atoms with E-state index in [1.165, 1.54) is 0 Å². The molecule has 0 unspecified atom stereocenters. The van der Waals surface area contributed by atoms with E-state index < -0.39 is 0 Å². The number of fused-ring (bicyclic) bond motifs is 1. The Balaban J connectivity index is 1.91. The minimum Gasteiger partial charge on any atom is -0.463 e. The molecule has 0 aliphatic carbocycles. The van der Waals surface area contributed by atoms with Crippen molar-refractivity contribution in [2.45, 2.75) is 6.92 Å². The second-order valence-electron chi connectivity index (χ2n) is 6.14. The monoisotopic (exact) mass is 346 g/mol. The number of benzene rings is 1. The summed E-state index contributed by atoms with van der Waals surface area (Å²) in [7, 11) is 3.59. The van der Waals surface area contributed by atoms with Crippen LogP contribution in [0.4, 0.5) is 5.69 Å². The van der Waals surface area contributed by atoms with Crippen LogP contribution in [0.5, 0.6) is 0 Å². The van der Waals surface area contributed by atoms with Crippen LogP contribution in [0.15, 0.2) is 59.2 Å². The third-order valence-corrected chi connectivity index (χ3v) is 4.42. The van der Waals surface area contributed by atoms with E-state index in [9.17, 15) is 4.79 Å². The van der Waals surface area contributed by atoms with E-state index in [-0.39, 0.29) is 5.91 Å². The molecule has 4 aromatic rings. The Morgan fingerprint density at radius 2 is 1.92 bits per heavy atom. The first kappa shape index (κ1) is 16.1. The predicted octanol–water partition coefficient (Wildman–Crippen LogP) is 3.81. The molecule has 6 heteroatoms. The van der Waals surface area contributed by atoms with Crippen LogP contribution in [0.1, 0.15) is 16.1 Å². The molecule has 0 bridgehead atoms. The average molecular weight is 346 g/mol. The molecule has 0 aliphatic heterocycles.